The van der Waals surface area contributed by atoms with E-state index in [-0.39, 0.29) is 0 Å². The van der Waals surface area contributed by atoms with Crippen LogP contribution in [0.25, 0.3) is 0 Å². The van der Waals surface area contributed by atoms with Crippen molar-refractivity contribution in [3.05, 3.63) is 0 Å². The van der Waals surface area contributed by atoms with Gasteiger partial charge >= 0.3 is 0 Å². The van der Waals surface area contributed by atoms with Crippen LogP contribution in [-0.2, 0) is 0 Å². The van der Waals surface area contributed by atoms with Crippen LogP contribution in [-0.4, -0.2) is 16.0 Å². The molecule has 0 aliphatic heterocycles. The fourth-order valence-electron chi connectivity index (χ4n) is 0.333. The molecule has 0 heterocycles. The molecule has 7 heavy (non-hydrogen) atoms. The van der Waals surface area contributed by atoms with Crippen molar-refractivity contribution in [1.29, 1.82) is 0 Å². The molecule has 0 saturated carbocycles. The Morgan fingerprint density at radius 1 is 1.43 bits per heavy atom. The van der Waals surface area contributed by atoms with E-state index < -0.39 is 8.96 Å². The molecule has 0 radical (unpaired) electrons. The molecule has 0 aromatic rings. The van der Waals surface area contributed by atoms with Crippen molar-refractivity contribution in [2.75, 3.05) is 7.05 Å². The highest BCUT2D eigenvalue weighted by Gasteiger charge is 2.03. The van der Waals surface area contributed by atoms with Crippen LogP contribution < -0.4 is 4.98 Å². The molecule has 0 saturated heterocycles. The Labute approximate surface area is 47.8 Å². The van der Waals surface area contributed by atoms with Crippen molar-refractivity contribution in [2.24, 2.45) is 0 Å². The smallest absolute Gasteiger partial charge is 0.108 e. The number of rotatable bonds is 2. The first-order valence-electron chi connectivity index (χ1n) is 2.85. The molecule has 1 atom stereocenters. The van der Waals surface area contributed by atoms with E-state index in [9.17, 15) is 0 Å². The standard InChI is InChI=1S/C5H15NSi/c1-5(2)7(4)6-3/h5-7H,1-4H3. The summed E-state index contributed by atoms with van der Waals surface area (Å²) >= 11 is 0. The summed E-state index contributed by atoms with van der Waals surface area (Å²) in [7, 11) is 1.55. The van der Waals surface area contributed by atoms with E-state index >= 15 is 0 Å². The molecule has 1 N–H and O–H groups in total. The first-order chi connectivity index (χ1) is 3.18. The quantitative estimate of drug-likeness (QED) is 0.531. The first-order valence-corrected chi connectivity index (χ1v) is 5.25. The van der Waals surface area contributed by atoms with Gasteiger partial charge in [-0.2, -0.15) is 0 Å². The van der Waals surface area contributed by atoms with Crippen LogP contribution in [0.5, 0.6) is 0 Å². The van der Waals surface area contributed by atoms with Gasteiger partial charge in [-0.3, -0.25) is 0 Å². The fraction of sp³-hybridized carbons (Fsp3) is 1.00. The van der Waals surface area contributed by atoms with E-state index in [1.54, 1.807) is 0 Å². The molecular weight excluding hydrogens is 102 g/mol. The number of hydrogen-bond donors (Lipinski definition) is 1. The molecule has 2 heteroatoms. The van der Waals surface area contributed by atoms with Gasteiger partial charge in [0.2, 0.25) is 0 Å². The zero-order chi connectivity index (χ0) is 5.86. The predicted octanol–water partition coefficient (Wildman–Crippen LogP) is 0.969. The van der Waals surface area contributed by atoms with Gasteiger partial charge in [-0.15, -0.1) is 0 Å². The van der Waals surface area contributed by atoms with Crippen molar-refractivity contribution in [3.63, 3.8) is 0 Å². The third-order valence-electron chi connectivity index (χ3n) is 1.46. The van der Waals surface area contributed by atoms with Crippen LogP contribution in [0.2, 0.25) is 12.1 Å². The van der Waals surface area contributed by atoms with Crippen LogP contribution in [0, 0.1) is 0 Å². The topological polar surface area (TPSA) is 12.0 Å². The van der Waals surface area contributed by atoms with Crippen molar-refractivity contribution in [2.45, 2.75) is 25.9 Å². The summed E-state index contributed by atoms with van der Waals surface area (Å²) in [5, 5.41) is 0. The van der Waals surface area contributed by atoms with E-state index in [1.807, 2.05) is 0 Å². The zero-order valence-electron chi connectivity index (χ0n) is 5.65. The predicted molar refractivity (Wildman–Crippen MR) is 37.2 cm³/mol. The minimum Gasteiger partial charge on any atom is -0.342 e. The molecule has 0 fully saturated rings. The van der Waals surface area contributed by atoms with Crippen molar-refractivity contribution >= 4 is 8.96 Å². The van der Waals surface area contributed by atoms with Gasteiger partial charge in [0, 0.05) is 0 Å². The van der Waals surface area contributed by atoms with Crippen LogP contribution in [0.4, 0.5) is 0 Å². The summed E-state index contributed by atoms with van der Waals surface area (Å²) in [6, 6.07) is 0. The molecule has 0 aromatic heterocycles. The molecule has 0 bridgehead atoms. The van der Waals surface area contributed by atoms with Gasteiger partial charge in [-0.05, 0) is 12.6 Å². The molecule has 0 rings (SSSR count). The Balaban J connectivity index is 3.14. The molecule has 0 aliphatic carbocycles. The zero-order valence-corrected chi connectivity index (χ0v) is 6.81. The van der Waals surface area contributed by atoms with E-state index in [0.717, 1.165) is 5.54 Å². The second kappa shape index (κ2) is 3.21. The maximum Gasteiger partial charge on any atom is 0.108 e. The Morgan fingerprint density at radius 3 is 1.86 bits per heavy atom. The lowest BCUT2D eigenvalue weighted by Crippen LogP contribution is -2.29. The Hall–Kier alpha value is 0.177. The molecule has 0 spiro atoms. The molecule has 0 aromatic carbocycles. The van der Waals surface area contributed by atoms with Gasteiger partial charge in [-0.25, -0.2) is 0 Å². The number of hydrogen-bond acceptors (Lipinski definition) is 1. The highest BCUT2D eigenvalue weighted by molar-refractivity contribution is 6.55. The monoisotopic (exact) mass is 117 g/mol. The minimum absolute atomic E-state index is 0.505. The summed E-state index contributed by atoms with van der Waals surface area (Å²) in [6.45, 7) is 6.87. The summed E-state index contributed by atoms with van der Waals surface area (Å²) in [5.74, 6) is 0. The maximum atomic E-state index is 3.30. The van der Waals surface area contributed by atoms with E-state index in [1.165, 1.54) is 0 Å². The van der Waals surface area contributed by atoms with Gasteiger partial charge in [0.1, 0.15) is 8.96 Å². The van der Waals surface area contributed by atoms with Crippen LogP contribution >= 0.6 is 0 Å². The second-order valence-electron chi connectivity index (χ2n) is 2.32. The SMILES string of the molecule is CN[SiH](C)C(C)C. The average Bonchev–Trinajstić information content (AvgIpc) is 1.65. The van der Waals surface area contributed by atoms with Crippen LogP contribution in [0.1, 0.15) is 13.8 Å². The highest BCUT2D eigenvalue weighted by Crippen LogP contribution is 2.01. The Bertz CT molecular complexity index is 45.3. The Kier molecular flexibility index (Phi) is 3.30. The summed E-state index contributed by atoms with van der Waals surface area (Å²) in [5.41, 5.74) is 0.894. The first kappa shape index (κ1) is 7.18. The molecule has 1 nitrogen and oxygen atoms in total. The third-order valence-corrected chi connectivity index (χ3v) is 4.37. The van der Waals surface area contributed by atoms with Gasteiger partial charge in [0.05, 0.1) is 0 Å². The van der Waals surface area contributed by atoms with Crippen LogP contribution in [0.3, 0.4) is 0 Å². The summed E-state index contributed by atoms with van der Waals surface area (Å²) < 4.78 is 0. The Morgan fingerprint density at radius 2 is 1.86 bits per heavy atom. The molecule has 0 amide bonds. The molecule has 0 aliphatic rings. The van der Waals surface area contributed by atoms with E-state index in [4.69, 9.17) is 0 Å². The molecule has 1 unspecified atom stereocenters. The van der Waals surface area contributed by atoms with Gasteiger partial charge in [0.15, 0.2) is 0 Å². The average molecular weight is 117 g/mol. The van der Waals surface area contributed by atoms with Gasteiger partial charge < -0.3 is 4.98 Å². The molecular formula is C5H15NSi. The largest absolute Gasteiger partial charge is 0.342 e. The maximum absolute atomic E-state index is 3.30. The third kappa shape index (κ3) is 2.82. The van der Waals surface area contributed by atoms with E-state index in [0.29, 0.717) is 0 Å². The van der Waals surface area contributed by atoms with Gasteiger partial charge in [0.25, 0.3) is 0 Å². The van der Waals surface area contributed by atoms with Crippen LogP contribution in [0.15, 0.2) is 0 Å². The normalized spacial score (nSPS) is 15.0. The van der Waals surface area contributed by atoms with Gasteiger partial charge in [-0.1, -0.05) is 20.4 Å². The lowest BCUT2D eigenvalue weighted by Gasteiger charge is -2.10. The fourth-order valence-corrected chi connectivity index (χ4v) is 1.00. The highest BCUT2D eigenvalue weighted by atomic mass is 28.3. The number of nitrogens with one attached hydrogen (secondary N) is 1. The summed E-state index contributed by atoms with van der Waals surface area (Å²) in [6.07, 6.45) is 0. The lowest BCUT2D eigenvalue weighted by molar-refractivity contribution is 0.987. The molecule has 44 valence electrons. The second-order valence-corrected chi connectivity index (χ2v) is 5.81. The lowest BCUT2D eigenvalue weighted by atomic mass is 10.6. The summed E-state index contributed by atoms with van der Waals surface area (Å²) in [4.78, 5) is 3.30. The van der Waals surface area contributed by atoms with E-state index in [2.05, 4.69) is 32.4 Å². The van der Waals surface area contributed by atoms with Crippen molar-refractivity contribution in [1.82, 2.24) is 4.98 Å². The van der Waals surface area contributed by atoms with Crippen molar-refractivity contribution < 1.29 is 0 Å². The van der Waals surface area contributed by atoms with Crippen molar-refractivity contribution in [3.8, 4) is 0 Å². The minimum atomic E-state index is -0.505.